The van der Waals surface area contributed by atoms with Gasteiger partial charge in [0.1, 0.15) is 0 Å². The van der Waals surface area contributed by atoms with Gasteiger partial charge in [-0.2, -0.15) is 13.2 Å². The predicted molar refractivity (Wildman–Crippen MR) is 68.4 cm³/mol. The largest absolute Gasteiger partial charge is 0.481 e. The molecule has 4 atom stereocenters. The summed E-state index contributed by atoms with van der Waals surface area (Å²) in [7, 11) is 0. The van der Waals surface area contributed by atoms with Crippen molar-refractivity contribution in [1.29, 1.82) is 0 Å². The number of aliphatic carboxylic acids is 1. The summed E-state index contributed by atoms with van der Waals surface area (Å²) < 4.78 is 38.9. The van der Waals surface area contributed by atoms with Crippen molar-refractivity contribution in [2.45, 2.75) is 57.2 Å². The third-order valence-corrected chi connectivity index (χ3v) is 4.68. The fraction of sp³-hybridized carbons (Fsp3) is 0.857. The van der Waals surface area contributed by atoms with E-state index in [0.717, 1.165) is 0 Å². The first kappa shape index (κ1) is 16.1. The molecular formula is C14H20F3NO3. The highest BCUT2D eigenvalue weighted by molar-refractivity contribution is 5.85. The molecule has 0 saturated heterocycles. The summed E-state index contributed by atoms with van der Waals surface area (Å²) in [5.41, 5.74) is 0. The molecule has 0 aromatic carbocycles. The molecule has 0 bridgehead atoms. The Morgan fingerprint density at radius 1 is 0.952 bits per heavy atom. The van der Waals surface area contributed by atoms with Gasteiger partial charge in [-0.25, -0.2) is 0 Å². The lowest BCUT2D eigenvalue weighted by Crippen LogP contribution is -2.50. The van der Waals surface area contributed by atoms with Crippen LogP contribution in [0.25, 0.3) is 0 Å². The molecule has 120 valence electrons. The van der Waals surface area contributed by atoms with Crippen molar-refractivity contribution in [3.63, 3.8) is 0 Å². The molecule has 1 amide bonds. The van der Waals surface area contributed by atoms with E-state index in [2.05, 4.69) is 5.32 Å². The summed E-state index contributed by atoms with van der Waals surface area (Å²) in [6.45, 7) is 0. The van der Waals surface area contributed by atoms with Crippen LogP contribution in [0.5, 0.6) is 0 Å². The zero-order valence-corrected chi connectivity index (χ0v) is 11.7. The van der Waals surface area contributed by atoms with E-state index in [1.807, 2.05) is 0 Å². The average molecular weight is 307 g/mol. The Hall–Kier alpha value is -1.27. The SMILES string of the molecule is O=C(O)C1CCCC1C(=O)NC1CCCCC1C(F)(F)F. The van der Waals surface area contributed by atoms with Crippen LogP contribution in [0.2, 0.25) is 0 Å². The Morgan fingerprint density at radius 2 is 1.57 bits per heavy atom. The van der Waals surface area contributed by atoms with Gasteiger partial charge in [-0.15, -0.1) is 0 Å². The minimum atomic E-state index is -4.32. The maximum atomic E-state index is 13.0. The van der Waals surface area contributed by atoms with Crippen molar-refractivity contribution in [3.05, 3.63) is 0 Å². The molecule has 0 aliphatic heterocycles. The molecule has 21 heavy (non-hydrogen) atoms. The quantitative estimate of drug-likeness (QED) is 0.842. The van der Waals surface area contributed by atoms with Crippen LogP contribution in [0, 0.1) is 17.8 Å². The monoisotopic (exact) mass is 307 g/mol. The fourth-order valence-electron chi connectivity index (χ4n) is 3.55. The molecule has 0 aromatic heterocycles. The second-order valence-corrected chi connectivity index (χ2v) is 6.03. The third kappa shape index (κ3) is 3.68. The lowest BCUT2D eigenvalue weighted by atomic mass is 9.83. The van der Waals surface area contributed by atoms with E-state index >= 15 is 0 Å². The van der Waals surface area contributed by atoms with Crippen LogP contribution in [0.15, 0.2) is 0 Å². The minimum absolute atomic E-state index is 0.0292. The molecule has 7 heteroatoms. The second-order valence-electron chi connectivity index (χ2n) is 6.03. The Labute approximate surface area is 121 Å². The van der Waals surface area contributed by atoms with Crippen molar-refractivity contribution < 1.29 is 27.9 Å². The van der Waals surface area contributed by atoms with Gasteiger partial charge in [-0.05, 0) is 25.7 Å². The summed E-state index contributed by atoms with van der Waals surface area (Å²) in [6, 6.07) is -0.915. The number of amides is 1. The summed E-state index contributed by atoms with van der Waals surface area (Å²) in [6.07, 6.45) is -1.33. The van der Waals surface area contributed by atoms with Gasteiger partial charge >= 0.3 is 12.1 Å². The van der Waals surface area contributed by atoms with Gasteiger partial charge in [0.25, 0.3) is 0 Å². The number of carbonyl (C=O) groups is 2. The zero-order chi connectivity index (χ0) is 15.6. The fourth-order valence-corrected chi connectivity index (χ4v) is 3.55. The van der Waals surface area contributed by atoms with Crippen LogP contribution in [-0.4, -0.2) is 29.2 Å². The van der Waals surface area contributed by atoms with Crippen molar-refractivity contribution in [2.24, 2.45) is 17.8 Å². The highest BCUT2D eigenvalue weighted by atomic mass is 19.4. The summed E-state index contributed by atoms with van der Waals surface area (Å²) >= 11 is 0. The van der Waals surface area contributed by atoms with Crippen LogP contribution in [0.1, 0.15) is 44.9 Å². The molecule has 0 spiro atoms. The van der Waals surface area contributed by atoms with Crippen molar-refractivity contribution in [3.8, 4) is 0 Å². The number of halogens is 3. The van der Waals surface area contributed by atoms with Crippen LogP contribution in [0.3, 0.4) is 0 Å². The van der Waals surface area contributed by atoms with E-state index < -0.39 is 41.8 Å². The second kappa shape index (κ2) is 6.23. The van der Waals surface area contributed by atoms with Gasteiger partial charge in [-0.3, -0.25) is 9.59 Å². The Balaban J connectivity index is 2.02. The van der Waals surface area contributed by atoms with Crippen molar-refractivity contribution in [1.82, 2.24) is 5.32 Å². The maximum absolute atomic E-state index is 13.0. The third-order valence-electron chi connectivity index (χ3n) is 4.68. The normalized spacial score (nSPS) is 33.7. The summed E-state index contributed by atoms with van der Waals surface area (Å²) in [5, 5.41) is 11.5. The molecular weight excluding hydrogens is 287 g/mol. The molecule has 2 N–H and O–H groups in total. The molecule has 2 saturated carbocycles. The number of rotatable bonds is 3. The Morgan fingerprint density at radius 3 is 2.19 bits per heavy atom. The van der Waals surface area contributed by atoms with Gasteiger partial charge in [0, 0.05) is 6.04 Å². The molecule has 0 radical (unpaired) electrons. The smallest absolute Gasteiger partial charge is 0.393 e. The topological polar surface area (TPSA) is 66.4 Å². The van der Waals surface area contributed by atoms with Crippen LogP contribution < -0.4 is 5.32 Å². The zero-order valence-electron chi connectivity index (χ0n) is 11.7. The lowest BCUT2D eigenvalue weighted by Gasteiger charge is -2.34. The van der Waals surface area contributed by atoms with Gasteiger partial charge < -0.3 is 10.4 Å². The highest BCUT2D eigenvalue weighted by Gasteiger charge is 2.47. The molecule has 4 unspecified atom stereocenters. The Kier molecular flexibility index (Phi) is 4.78. The molecule has 2 aliphatic rings. The van der Waals surface area contributed by atoms with Gasteiger partial charge in [0.2, 0.25) is 5.91 Å². The first-order chi connectivity index (χ1) is 9.80. The summed E-state index contributed by atoms with van der Waals surface area (Å²) in [5.74, 6) is -4.54. The minimum Gasteiger partial charge on any atom is -0.481 e. The van der Waals surface area contributed by atoms with Crippen molar-refractivity contribution >= 4 is 11.9 Å². The number of hydrogen-bond acceptors (Lipinski definition) is 2. The van der Waals surface area contributed by atoms with E-state index in [1.165, 1.54) is 0 Å². The molecule has 0 aromatic rings. The number of nitrogens with one attached hydrogen (secondary N) is 1. The van der Waals surface area contributed by atoms with E-state index in [4.69, 9.17) is 5.11 Å². The number of hydrogen-bond donors (Lipinski definition) is 2. The van der Waals surface area contributed by atoms with E-state index in [-0.39, 0.29) is 6.42 Å². The van der Waals surface area contributed by atoms with Crippen LogP contribution in [0.4, 0.5) is 13.2 Å². The average Bonchev–Trinajstić information content (AvgIpc) is 2.87. The lowest BCUT2D eigenvalue weighted by molar-refractivity contribution is -0.189. The standard InChI is InChI=1S/C14H20F3NO3/c15-14(16,17)10-6-1-2-7-11(10)18-12(19)8-4-3-5-9(8)13(20)21/h8-11H,1-7H2,(H,18,19)(H,20,21). The van der Waals surface area contributed by atoms with Crippen LogP contribution >= 0.6 is 0 Å². The summed E-state index contributed by atoms with van der Waals surface area (Å²) in [4.78, 5) is 23.2. The Bertz CT molecular complexity index is 411. The highest BCUT2D eigenvalue weighted by Crippen LogP contribution is 2.38. The first-order valence-electron chi connectivity index (χ1n) is 7.40. The van der Waals surface area contributed by atoms with Gasteiger partial charge in [-0.1, -0.05) is 19.3 Å². The number of alkyl halides is 3. The van der Waals surface area contributed by atoms with Gasteiger partial charge in [0.05, 0.1) is 17.8 Å². The van der Waals surface area contributed by atoms with E-state index in [9.17, 15) is 22.8 Å². The molecule has 4 nitrogen and oxygen atoms in total. The first-order valence-corrected chi connectivity index (χ1v) is 7.40. The van der Waals surface area contributed by atoms with Gasteiger partial charge in [0.15, 0.2) is 0 Å². The number of carboxylic acid groups (broad SMARTS) is 1. The maximum Gasteiger partial charge on any atom is 0.393 e. The number of carbonyl (C=O) groups excluding carboxylic acids is 1. The molecule has 0 heterocycles. The molecule has 2 fully saturated rings. The molecule has 2 rings (SSSR count). The van der Waals surface area contributed by atoms with E-state index in [1.54, 1.807) is 0 Å². The molecule has 2 aliphatic carbocycles. The number of carboxylic acids is 1. The van der Waals surface area contributed by atoms with E-state index in [0.29, 0.717) is 38.5 Å². The van der Waals surface area contributed by atoms with Crippen LogP contribution in [-0.2, 0) is 9.59 Å². The van der Waals surface area contributed by atoms with Crippen molar-refractivity contribution in [2.75, 3.05) is 0 Å². The predicted octanol–water partition coefficient (Wildman–Crippen LogP) is 2.72.